The number of hydrogen-bond donors (Lipinski definition) is 1. The molecule has 0 aliphatic carbocycles. The van der Waals surface area contributed by atoms with Gasteiger partial charge in [-0.2, -0.15) is 5.26 Å². The van der Waals surface area contributed by atoms with Crippen molar-refractivity contribution < 1.29 is 9.47 Å². The van der Waals surface area contributed by atoms with E-state index in [9.17, 15) is 5.26 Å². The Morgan fingerprint density at radius 1 is 1.03 bits per heavy atom. The number of para-hydroxylation sites is 1. The van der Waals surface area contributed by atoms with Gasteiger partial charge in [-0.05, 0) is 49.2 Å². The molecular weight excluding hydrogens is 410 g/mol. The SMILES string of the molecule is N#CC1(c2nccnc2Oc2ccc(Nc3nc4ccccc4s3)cc2)CCOCC1. The van der Waals surface area contributed by atoms with Crippen molar-refractivity contribution in [3.63, 3.8) is 0 Å². The number of rotatable bonds is 5. The van der Waals surface area contributed by atoms with Crippen LogP contribution in [0.2, 0.25) is 0 Å². The Hall–Kier alpha value is -3.54. The molecule has 4 aromatic rings. The Labute approximate surface area is 183 Å². The standard InChI is InChI=1S/C23H19N5O2S/c24-15-23(9-13-29-14-10-23)20-21(26-12-11-25-20)30-17-7-5-16(6-8-17)27-22-28-18-3-1-2-4-19(18)31-22/h1-8,11-12H,9-10,13-14H2,(H,27,28). The summed E-state index contributed by atoms with van der Waals surface area (Å²) in [5.74, 6) is 0.981. The Kier molecular flexibility index (Phi) is 5.20. The lowest BCUT2D eigenvalue weighted by Gasteiger charge is -2.30. The Bertz CT molecular complexity index is 1210. The maximum absolute atomic E-state index is 9.87. The molecule has 2 aromatic heterocycles. The molecule has 0 radical (unpaired) electrons. The molecule has 154 valence electrons. The smallest absolute Gasteiger partial charge is 0.242 e. The third-order valence-electron chi connectivity index (χ3n) is 5.29. The summed E-state index contributed by atoms with van der Waals surface area (Å²) in [6.07, 6.45) is 4.32. The van der Waals surface area contributed by atoms with Crippen LogP contribution in [-0.2, 0) is 10.2 Å². The van der Waals surface area contributed by atoms with Crippen molar-refractivity contribution in [1.29, 1.82) is 5.26 Å². The van der Waals surface area contributed by atoms with Crippen molar-refractivity contribution in [2.24, 2.45) is 0 Å². The quantitative estimate of drug-likeness (QED) is 0.466. The van der Waals surface area contributed by atoms with Crippen LogP contribution in [0.5, 0.6) is 11.6 Å². The summed E-state index contributed by atoms with van der Waals surface area (Å²) < 4.78 is 12.6. The number of fused-ring (bicyclic) bond motifs is 1. The van der Waals surface area contributed by atoms with Gasteiger partial charge in [0.15, 0.2) is 5.13 Å². The molecule has 0 bridgehead atoms. The number of benzene rings is 2. The number of hydrogen-bond acceptors (Lipinski definition) is 8. The Morgan fingerprint density at radius 2 is 1.81 bits per heavy atom. The van der Waals surface area contributed by atoms with Crippen molar-refractivity contribution in [2.45, 2.75) is 18.3 Å². The number of ether oxygens (including phenoxy) is 2. The predicted molar refractivity (Wildman–Crippen MR) is 119 cm³/mol. The van der Waals surface area contributed by atoms with E-state index in [1.165, 1.54) is 0 Å². The molecule has 0 amide bonds. The van der Waals surface area contributed by atoms with Crippen molar-refractivity contribution in [1.82, 2.24) is 15.0 Å². The van der Waals surface area contributed by atoms with Gasteiger partial charge in [0.2, 0.25) is 5.88 Å². The minimum Gasteiger partial charge on any atom is -0.437 e. The van der Waals surface area contributed by atoms with Gasteiger partial charge in [-0.1, -0.05) is 23.5 Å². The monoisotopic (exact) mass is 429 g/mol. The van der Waals surface area contributed by atoms with Gasteiger partial charge >= 0.3 is 0 Å². The summed E-state index contributed by atoms with van der Waals surface area (Å²) in [4.78, 5) is 13.4. The Morgan fingerprint density at radius 3 is 2.58 bits per heavy atom. The summed E-state index contributed by atoms with van der Waals surface area (Å²) in [7, 11) is 0. The summed E-state index contributed by atoms with van der Waals surface area (Å²) in [5, 5.41) is 14.0. The average molecular weight is 430 g/mol. The number of aromatic nitrogens is 3. The molecule has 0 atom stereocenters. The molecule has 1 fully saturated rings. The number of anilines is 2. The summed E-state index contributed by atoms with van der Waals surface area (Å²) in [5.41, 5.74) is 1.71. The maximum Gasteiger partial charge on any atom is 0.242 e. The zero-order chi connectivity index (χ0) is 21.1. The van der Waals surface area contributed by atoms with Gasteiger partial charge in [0.1, 0.15) is 16.9 Å². The maximum atomic E-state index is 9.87. The predicted octanol–water partition coefficient (Wildman–Crippen LogP) is 5.19. The number of thiazole rings is 1. The second-order valence-corrected chi connectivity index (χ2v) is 8.29. The molecule has 3 heterocycles. The fraction of sp³-hybridized carbons (Fsp3) is 0.217. The van der Waals surface area contributed by atoms with Crippen LogP contribution in [0.3, 0.4) is 0 Å². The van der Waals surface area contributed by atoms with Crippen molar-refractivity contribution in [2.75, 3.05) is 18.5 Å². The van der Waals surface area contributed by atoms with Gasteiger partial charge in [0, 0.05) is 31.3 Å². The van der Waals surface area contributed by atoms with Crippen LogP contribution in [0.15, 0.2) is 60.9 Å². The van der Waals surface area contributed by atoms with Gasteiger partial charge in [-0.15, -0.1) is 0 Å². The van der Waals surface area contributed by atoms with E-state index in [1.54, 1.807) is 23.7 Å². The first kappa shape index (κ1) is 19.4. The van der Waals surface area contributed by atoms with Crippen LogP contribution in [0.4, 0.5) is 10.8 Å². The molecule has 1 saturated heterocycles. The summed E-state index contributed by atoms with van der Waals surface area (Å²) in [6.45, 7) is 1.05. The summed E-state index contributed by atoms with van der Waals surface area (Å²) >= 11 is 1.61. The van der Waals surface area contributed by atoms with Crippen LogP contribution in [0, 0.1) is 11.3 Å². The molecule has 5 rings (SSSR count). The van der Waals surface area contributed by atoms with Crippen LogP contribution >= 0.6 is 11.3 Å². The molecule has 2 aromatic carbocycles. The highest BCUT2D eigenvalue weighted by Gasteiger charge is 2.39. The molecule has 0 saturated carbocycles. The van der Waals surface area contributed by atoms with Crippen molar-refractivity contribution in [3.05, 3.63) is 66.6 Å². The molecule has 7 nitrogen and oxygen atoms in total. The third-order valence-corrected chi connectivity index (χ3v) is 6.24. The van der Waals surface area contributed by atoms with E-state index in [0.717, 1.165) is 21.0 Å². The molecule has 0 spiro atoms. The summed E-state index contributed by atoms with van der Waals surface area (Å²) in [6, 6.07) is 18.0. The number of nitriles is 1. The van der Waals surface area contributed by atoms with E-state index >= 15 is 0 Å². The average Bonchev–Trinajstić information content (AvgIpc) is 3.23. The van der Waals surface area contributed by atoms with E-state index in [2.05, 4.69) is 32.4 Å². The van der Waals surface area contributed by atoms with Crippen LogP contribution in [-0.4, -0.2) is 28.2 Å². The molecule has 31 heavy (non-hydrogen) atoms. The highest BCUT2D eigenvalue weighted by molar-refractivity contribution is 7.22. The lowest BCUT2D eigenvalue weighted by Crippen LogP contribution is -2.33. The first-order valence-electron chi connectivity index (χ1n) is 9.97. The first-order valence-corrected chi connectivity index (χ1v) is 10.8. The van der Waals surface area contributed by atoms with Gasteiger partial charge in [-0.25, -0.2) is 9.97 Å². The van der Waals surface area contributed by atoms with E-state index < -0.39 is 5.41 Å². The van der Waals surface area contributed by atoms with Crippen LogP contribution < -0.4 is 10.1 Å². The van der Waals surface area contributed by atoms with E-state index in [0.29, 0.717) is 43.4 Å². The highest BCUT2D eigenvalue weighted by atomic mass is 32.1. The van der Waals surface area contributed by atoms with Gasteiger partial charge in [0.25, 0.3) is 0 Å². The van der Waals surface area contributed by atoms with E-state index in [-0.39, 0.29) is 0 Å². The van der Waals surface area contributed by atoms with Gasteiger partial charge in [0.05, 0.1) is 16.3 Å². The lowest BCUT2D eigenvalue weighted by atomic mass is 9.78. The second kappa shape index (κ2) is 8.30. The van der Waals surface area contributed by atoms with Crippen molar-refractivity contribution >= 4 is 32.4 Å². The largest absolute Gasteiger partial charge is 0.437 e. The molecular formula is C23H19N5O2S. The van der Waals surface area contributed by atoms with Gasteiger partial charge < -0.3 is 14.8 Å². The van der Waals surface area contributed by atoms with E-state index in [1.807, 2.05) is 42.5 Å². The minimum atomic E-state index is -0.740. The van der Waals surface area contributed by atoms with Crippen molar-refractivity contribution in [3.8, 4) is 17.7 Å². The molecule has 1 aliphatic heterocycles. The third kappa shape index (κ3) is 3.93. The zero-order valence-corrected chi connectivity index (χ0v) is 17.4. The van der Waals surface area contributed by atoms with Crippen LogP contribution in [0.1, 0.15) is 18.5 Å². The number of nitrogens with zero attached hydrogens (tertiary/aromatic N) is 4. The molecule has 8 heteroatoms. The van der Waals surface area contributed by atoms with Crippen LogP contribution in [0.25, 0.3) is 10.2 Å². The minimum absolute atomic E-state index is 0.359. The molecule has 0 unspecified atom stereocenters. The lowest BCUT2D eigenvalue weighted by molar-refractivity contribution is 0.0655. The zero-order valence-electron chi connectivity index (χ0n) is 16.6. The number of nitrogens with one attached hydrogen (secondary N) is 1. The van der Waals surface area contributed by atoms with Gasteiger partial charge in [-0.3, -0.25) is 4.98 Å². The highest BCUT2D eigenvalue weighted by Crippen LogP contribution is 2.38. The fourth-order valence-corrected chi connectivity index (χ4v) is 4.50. The molecule has 1 aliphatic rings. The van der Waals surface area contributed by atoms with E-state index in [4.69, 9.17) is 9.47 Å². The topological polar surface area (TPSA) is 93.0 Å². The normalized spacial score (nSPS) is 15.3. The Balaban J connectivity index is 1.35. The first-order chi connectivity index (χ1) is 15.3. The fourth-order valence-electron chi connectivity index (χ4n) is 3.62. The molecule has 1 N–H and O–H groups in total. The second-order valence-electron chi connectivity index (χ2n) is 7.25.